The summed E-state index contributed by atoms with van der Waals surface area (Å²) in [7, 11) is 0. The molecule has 1 aliphatic carbocycles. The Balaban J connectivity index is 1.90. The Kier molecular flexibility index (Phi) is 2.78. The number of hydrogen-bond donors (Lipinski definition) is 1. The third-order valence-electron chi connectivity index (χ3n) is 3.60. The minimum absolute atomic E-state index is 0.0733. The summed E-state index contributed by atoms with van der Waals surface area (Å²) in [4.78, 5) is 11.8. The minimum atomic E-state index is 0.0733. The summed E-state index contributed by atoms with van der Waals surface area (Å²) >= 11 is 0. The lowest BCUT2D eigenvalue weighted by Crippen LogP contribution is -2.27. The van der Waals surface area contributed by atoms with Crippen LogP contribution in [0.4, 0.5) is 0 Å². The molecule has 0 saturated heterocycles. The first kappa shape index (κ1) is 11.3. The molecule has 2 nitrogen and oxygen atoms in total. The maximum atomic E-state index is 11.8. The van der Waals surface area contributed by atoms with Crippen LogP contribution in [0.5, 0.6) is 0 Å². The van der Waals surface area contributed by atoms with E-state index in [1.54, 1.807) is 0 Å². The highest BCUT2D eigenvalue weighted by Crippen LogP contribution is 2.30. The number of benzene rings is 2. The monoisotopic (exact) mass is 239 g/mol. The van der Waals surface area contributed by atoms with Gasteiger partial charge in [-0.1, -0.05) is 42.5 Å². The van der Waals surface area contributed by atoms with E-state index in [0.717, 1.165) is 12.8 Å². The summed E-state index contributed by atoms with van der Waals surface area (Å²) in [5, 5.41) is 5.56. The number of nitrogens with one attached hydrogen (secondary N) is 1. The Morgan fingerprint density at radius 1 is 1.17 bits per heavy atom. The van der Waals surface area contributed by atoms with Crippen molar-refractivity contribution in [2.24, 2.45) is 5.92 Å². The molecule has 18 heavy (non-hydrogen) atoms. The van der Waals surface area contributed by atoms with Crippen molar-refractivity contribution in [3.63, 3.8) is 0 Å². The second-order valence-corrected chi connectivity index (χ2v) is 5.07. The summed E-state index contributed by atoms with van der Waals surface area (Å²) in [5.41, 5.74) is 1.20. The average molecular weight is 239 g/mol. The van der Waals surface area contributed by atoms with Crippen LogP contribution in [0.15, 0.2) is 42.5 Å². The topological polar surface area (TPSA) is 29.1 Å². The van der Waals surface area contributed by atoms with Gasteiger partial charge in [0.15, 0.2) is 0 Å². The molecule has 2 aromatic rings. The van der Waals surface area contributed by atoms with Crippen LogP contribution in [0.1, 0.15) is 31.4 Å². The molecule has 0 heterocycles. The van der Waals surface area contributed by atoms with E-state index in [1.807, 2.05) is 12.1 Å². The summed E-state index contributed by atoms with van der Waals surface area (Å²) < 4.78 is 0. The SMILES string of the molecule is C[C@@H](NC(=O)C1CC1)c1cccc2ccccc12. The van der Waals surface area contributed by atoms with Gasteiger partial charge in [0.2, 0.25) is 5.91 Å². The van der Waals surface area contributed by atoms with Crippen LogP contribution in [-0.2, 0) is 4.79 Å². The Morgan fingerprint density at radius 3 is 2.67 bits per heavy atom. The highest BCUT2D eigenvalue weighted by molar-refractivity contribution is 5.87. The van der Waals surface area contributed by atoms with Gasteiger partial charge < -0.3 is 5.32 Å². The molecule has 1 amide bonds. The molecule has 1 fully saturated rings. The Bertz CT molecular complexity index is 581. The fourth-order valence-electron chi connectivity index (χ4n) is 2.38. The predicted octanol–water partition coefficient (Wildman–Crippen LogP) is 3.43. The number of amides is 1. The molecule has 0 aromatic heterocycles. The van der Waals surface area contributed by atoms with Crippen LogP contribution in [-0.4, -0.2) is 5.91 Å². The van der Waals surface area contributed by atoms with Gasteiger partial charge in [-0.2, -0.15) is 0 Å². The van der Waals surface area contributed by atoms with Crippen LogP contribution in [0, 0.1) is 5.92 Å². The minimum Gasteiger partial charge on any atom is -0.349 e. The lowest BCUT2D eigenvalue weighted by molar-refractivity contribution is -0.122. The van der Waals surface area contributed by atoms with Gasteiger partial charge in [0.05, 0.1) is 6.04 Å². The first-order valence-electron chi connectivity index (χ1n) is 6.54. The van der Waals surface area contributed by atoms with Crippen molar-refractivity contribution in [2.45, 2.75) is 25.8 Å². The standard InChI is InChI=1S/C16H17NO/c1-11(17-16(18)13-9-10-13)14-8-4-6-12-5-2-3-7-15(12)14/h2-8,11,13H,9-10H2,1H3,(H,17,18)/t11-/m1/s1. The number of carbonyl (C=O) groups is 1. The number of rotatable bonds is 3. The van der Waals surface area contributed by atoms with E-state index in [4.69, 9.17) is 0 Å². The van der Waals surface area contributed by atoms with Crippen LogP contribution in [0.25, 0.3) is 10.8 Å². The predicted molar refractivity (Wildman–Crippen MR) is 73.2 cm³/mol. The van der Waals surface area contributed by atoms with E-state index in [0.29, 0.717) is 0 Å². The van der Waals surface area contributed by atoms with Gasteiger partial charge in [0, 0.05) is 5.92 Å². The van der Waals surface area contributed by atoms with Gasteiger partial charge in [0.25, 0.3) is 0 Å². The van der Waals surface area contributed by atoms with Crippen LogP contribution < -0.4 is 5.32 Å². The largest absolute Gasteiger partial charge is 0.349 e. The molecule has 1 N–H and O–H groups in total. The lowest BCUT2D eigenvalue weighted by Gasteiger charge is -2.16. The third kappa shape index (κ3) is 2.10. The molecule has 0 aliphatic heterocycles. The molecule has 0 spiro atoms. The quantitative estimate of drug-likeness (QED) is 0.873. The van der Waals surface area contributed by atoms with E-state index in [2.05, 4.69) is 42.6 Å². The summed E-state index contributed by atoms with van der Waals surface area (Å²) in [6, 6.07) is 14.6. The van der Waals surface area contributed by atoms with Gasteiger partial charge in [-0.25, -0.2) is 0 Å². The van der Waals surface area contributed by atoms with Crippen LogP contribution in [0.3, 0.4) is 0 Å². The number of hydrogen-bond acceptors (Lipinski definition) is 1. The molecule has 2 aromatic carbocycles. The molecule has 1 saturated carbocycles. The molecule has 92 valence electrons. The Hall–Kier alpha value is -1.83. The summed E-state index contributed by atoms with van der Waals surface area (Å²) in [6.07, 6.45) is 2.10. The zero-order valence-electron chi connectivity index (χ0n) is 10.5. The highest BCUT2D eigenvalue weighted by atomic mass is 16.2. The van der Waals surface area contributed by atoms with Gasteiger partial charge >= 0.3 is 0 Å². The molecular formula is C16H17NO. The van der Waals surface area contributed by atoms with Gasteiger partial charge in [-0.3, -0.25) is 4.79 Å². The second kappa shape index (κ2) is 4.45. The molecular weight excluding hydrogens is 222 g/mol. The van der Waals surface area contributed by atoms with E-state index >= 15 is 0 Å². The molecule has 1 aliphatic rings. The number of carbonyl (C=O) groups excluding carboxylic acids is 1. The first-order valence-corrected chi connectivity index (χ1v) is 6.54. The van der Waals surface area contributed by atoms with E-state index in [-0.39, 0.29) is 17.9 Å². The zero-order valence-corrected chi connectivity index (χ0v) is 10.5. The number of fused-ring (bicyclic) bond motifs is 1. The summed E-state index contributed by atoms with van der Waals surface area (Å²) in [5.74, 6) is 0.470. The molecule has 0 bridgehead atoms. The van der Waals surface area contributed by atoms with E-state index in [9.17, 15) is 4.79 Å². The summed E-state index contributed by atoms with van der Waals surface area (Å²) in [6.45, 7) is 2.06. The normalized spacial score (nSPS) is 16.5. The van der Waals surface area contributed by atoms with Gasteiger partial charge in [0.1, 0.15) is 0 Å². The van der Waals surface area contributed by atoms with Crippen molar-refractivity contribution in [3.05, 3.63) is 48.0 Å². The lowest BCUT2D eigenvalue weighted by atomic mass is 9.99. The second-order valence-electron chi connectivity index (χ2n) is 5.07. The van der Waals surface area contributed by atoms with Gasteiger partial charge in [-0.15, -0.1) is 0 Å². The molecule has 2 heteroatoms. The van der Waals surface area contributed by atoms with Gasteiger partial charge in [-0.05, 0) is 36.1 Å². The molecule has 1 atom stereocenters. The van der Waals surface area contributed by atoms with Crippen molar-refractivity contribution in [3.8, 4) is 0 Å². The molecule has 0 unspecified atom stereocenters. The third-order valence-corrected chi connectivity index (χ3v) is 3.60. The fourth-order valence-corrected chi connectivity index (χ4v) is 2.38. The molecule has 0 radical (unpaired) electrons. The van der Waals surface area contributed by atoms with Crippen molar-refractivity contribution in [2.75, 3.05) is 0 Å². The van der Waals surface area contributed by atoms with E-state index in [1.165, 1.54) is 16.3 Å². The highest BCUT2D eigenvalue weighted by Gasteiger charge is 2.30. The van der Waals surface area contributed by atoms with E-state index < -0.39 is 0 Å². The Morgan fingerprint density at radius 2 is 1.89 bits per heavy atom. The van der Waals surface area contributed by atoms with Crippen molar-refractivity contribution >= 4 is 16.7 Å². The van der Waals surface area contributed by atoms with Crippen LogP contribution in [0.2, 0.25) is 0 Å². The first-order chi connectivity index (χ1) is 8.75. The zero-order chi connectivity index (χ0) is 12.5. The van der Waals surface area contributed by atoms with Crippen molar-refractivity contribution < 1.29 is 4.79 Å². The maximum Gasteiger partial charge on any atom is 0.223 e. The maximum absolute atomic E-state index is 11.8. The smallest absolute Gasteiger partial charge is 0.223 e. The van der Waals surface area contributed by atoms with Crippen molar-refractivity contribution in [1.82, 2.24) is 5.32 Å². The molecule has 3 rings (SSSR count). The fraction of sp³-hybridized carbons (Fsp3) is 0.312. The van der Waals surface area contributed by atoms with Crippen LogP contribution >= 0.6 is 0 Å². The Labute approximate surface area is 107 Å². The average Bonchev–Trinajstić information content (AvgIpc) is 3.22. The van der Waals surface area contributed by atoms with Crippen molar-refractivity contribution in [1.29, 1.82) is 0 Å².